The molecule has 24 heavy (non-hydrogen) atoms. The molecule has 0 aliphatic rings. The number of halogens is 1. The van der Waals surface area contributed by atoms with E-state index in [9.17, 15) is 19.1 Å². The molecule has 130 valence electrons. The molecule has 8 heteroatoms. The van der Waals surface area contributed by atoms with Crippen molar-refractivity contribution in [3.8, 4) is 5.88 Å². The van der Waals surface area contributed by atoms with Crippen LogP contribution in [-0.2, 0) is 17.6 Å². The van der Waals surface area contributed by atoms with Crippen molar-refractivity contribution in [2.45, 2.75) is 32.7 Å². The number of carbonyl (C=O) groups excluding carboxylic acids is 1. The van der Waals surface area contributed by atoms with E-state index in [1.54, 1.807) is 26.0 Å². The summed E-state index contributed by atoms with van der Waals surface area (Å²) >= 11 is 0. The van der Waals surface area contributed by atoms with E-state index in [-0.39, 0.29) is 23.3 Å². The van der Waals surface area contributed by atoms with Crippen molar-refractivity contribution < 1.29 is 19.5 Å². The van der Waals surface area contributed by atoms with Crippen molar-refractivity contribution in [2.75, 3.05) is 0 Å². The maximum Gasteiger partial charge on any atom is 0.329 e. The molecule has 2 aromatic rings. The maximum atomic E-state index is 12.9. The van der Waals surface area contributed by atoms with Crippen LogP contribution in [0.5, 0.6) is 5.88 Å². The number of aromatic hydroxyl groups is 1. The lowest BCUT2D eigenvalue weighted by Gasteiger charge is -2.19. The lowest BCUT2D eigenvalue weighted by Crippen LogP contribution is -2.37. The zero-order valence-electron chi connectivity index (χ0n) is 13.4. The molecule has 0 fully saturated rings. The molecule has 1 heterocycles. The van der Waals surface area contributed by atoms with Crippen LogP contribution in [0.4, 0.5) is 4.39 Å². The average Bonchev–Trinajstić information content (AvgIpc) is 2.82. The van der Waals surface area contributed by atoms with Gasteiger partial charge in [0.1, 0.15) is 11.9 Å². The minimum Gasteiger partial charge on any atom is -0.493 e. The van der Waals surface area contributed by atoms with Crippen LogP contribution in [0.25, 0.3) is 0 Å². The molecule has 2 rings (SSSR count). The summed E-state index contributed by atoms with van der Waals surface area (Å²) in [6.45, 7) is 3.38. The molecule has 0 unspecified atom stereocenters. The second-order valence-electron chi connectivity index (χ2n) is 5.89. The molecule has 0 aliphatic carbocycles. The van der Waals surface area contributed by atoms with Crippen molar-refractivity contribution in [1.29, 1.82) is 0 Å². The molecule has 0 saturated heterocycles. The smallest absolute Gasteiger partial charge is 0.329 e. The second kappa shape index (κ2) is 7.31. The normalized spacial score (nSPS) is 12.4. The van der Waals surface area contributed by atoms with E-state index in [0.29, 0.717) is 12.8 Å². The minimum atomic E-state index is -1.04. The number of rotatable bonds is 6. The van der Waals surface area contributed by atoms with Gasteiger partial charge >= 0.3 is 5.69 Å². The van der Waals surface area contributed by atoms with Crippen molar-refractivity contribution in [3.63, 3.8) is 0 Å². The highest BCUT2D eigenvalue weighted by atomic mass is 19.1. The second-order valence-corrected chi connectivity index (χ2v) is 5.89. The zero-order valence-corrected chi connectivity index (χ0v) is 13.4. The van der Waals surface area contributed by atoms with Crippen LogP contribution in [0.15, 0.2) is 29.1 Å². The number of aryl methyl sites for hydroxylation is 2. The summed E-state index contributed by atoms with van der Waals surface area (Å²) in [5, 5.41) is 19.1. The van der Waals surface area contributed by atoms with Gasteiger partial charge in [0.05, 0.1) is 5.69 Å². The molecule has 1 amide bonds. The average molecular weight is 337 g/mol. The quantitative estimate of drug-likeness (QED) is 0.473. The highest BCUT2D eigenvalue weighted by molar-refractivity contribution is 5.79. The summed E-state index contributed by atoms with van der Waals surface area (Å²) in [6, 6.07) is 4.88. The van der Waals surface area contributed by atoms with Crippen molar-refractivity contribution >= 4 is 5.91 Å². The Labute approximate surface area is 137 Å². The van der Waals surface area contributed by atoms with Gasteiger partial charge in [-0.2, -0.15) is 0 Å². The number of hydrogen-bond acceptors (Lipinski definition) is 4. The fraction of sp³-hybridized carbons (Fsp3) is 0.375. The van der Waals surface area contributed by atoms with E-state index in [0.717, 1.165) is 10.1 Å². The number of nitrogens with zero attached hydrogens (tertiary/aromatic N) is 1. The standard InChI is InChI=1S/C16H20FN3O4/c1-9(2)13(14(21)19-24)20-15(22)12(18-16(20)23)8-5-10-3-6-11(17)7-4-10/h3-4,6-7,9,13,22,24H,5,8H2,1-2H3,(H,18,23)(H,19,21)/t13-/m1/s1. The molecule has 0 bridgehead atoms. The van der Waals surface area contributed by atoms with E-state index in [4.69, 9.17) is 5.21 Å². The lowest BCUT2D eigenvalue weighted by molar-refractivity contribution is -0.134. The van der Waals surface area contributed by atoms with E-state index in [2.05, 4.69) is 4.98 Å². The third kappa shape index (κ3) is 3.65. The third-order valence-corrected chi connectivity index (χ3v) is 3.84. The number of H-pyrrole nitrogens is 1. The monoisotopic (exact) mass is 337 g/mol. The van der Waals surface area contributed by atoms with E-state index in [1.807, 2.05) is 0 Å². The minimum absolute atomic E-state index is 0.278. The van der Waals surface area contributed by atoms with Crippen LogP contribution in [-0.4, -0.2) is 25.8 Å². The molecule has 0 aliphatic heterocycles. The van der Waals surface area contributed by atoms with Crippen LogP contribution in [0.3, 0.4) is 0 Å². The van der Waals surface area contributed by atoms with Gasteiger partial charge in [-0.25, -0.2) is 14.7 Å². The van der Waals surface area contributed by atoms with Gasteiger partial charge in [0, 0.05) is 0 Å². The number of amides is 1. The van der Waals surface area contributed by atoms with E-state index >= 15 is 0 Å². The SMILES string of the molecule is CC(C)[C@H](C(=O)NO)n1c(O)c(CCc2ccc(F)cc2)[nH]c1=O. The molecular weight excluding hydrogens is 317 g/mol. The Morgan fingerprint density at radius 2 is 1.92 bits per heavy atom. The number of aromatic nitrogens is 2. The number of benzene rings is 1. The summed E-state index contributed by atoms with van der Waals surface area (Å²) in [6.07, 6.45) is 0.789. The molecule has 1 atom stereocenters. The zero-order chi connectivity index (χ0) is 17.9. The Morgan fingerprint density at radius 1 is 1.29 bits per heavy atom. The topological polar surface area (TPSA) is 107 Å². The summed E-state index contributed by atoms with van der Waals surface area (Å²) in [5.74, 6) is -1.80. The first kappa shape index (κ1) is 17.7. The Balaban J connectivity index is 2.26. The Hall–Kier alpha value is -2.61. The van der Waals surface area contributed by atoms with Gasteiger partial charge in [-0.1, -0.05) is 26.0 Å². The van der Waals surface area contributed by atoms with Crippen molar-refractivity contribution in [3.05, 3.63) is 51.8 Å². The Kier molecular flexibility index (Phi) is 5.40. The van der Waals surface area contributed by atoms with Gasteiger partial charge in [-0.3, -0.25) is 14.6 Å². The number of nitrogens with one attached hydrogen (secondary N) is 2. The lowest BCUT2D eigenvalue weighted by atomic mass is 10.0. The van der Waals surface area contributed by atoms with Gasteiger partial charge in [-0.15, -0.1) is 0 Å². The molecule has 0 spiro atoms. The van der Waals surface area contributed by atoms with Crippen molar-refractivity contribution in [2.24, 2.45) is 5.92 Å². The summed E-state index contributed by atoms with van der Waals surface area (Å²) in [5.41, 5.74) is 2.00. The first-order chi connectivity index (χ1) is 11.3. The predicted octanol–water partition coefficient (Wildman–Crippen LogP) is 1.51. The Bertz CT molecular complexity index is 765. The Morgan fingerprint density at radius 3 is 2.46 bits per heavy atom. The molecule has 0 radical (unpaired) electrons. The molecule has 4 N–H and O–H groups in total. The van der Waals surface area contributed by atoms with Crippen LogP contribution >= 0.6 is 0 Å². The molecule has 7 nitrogen and oxygen atoms in total. The van der Waals surface area contributed by atoms with Crippen LogP contribution in [0.2, 0.25) is 0 Å². The van der Waals surface area contributed by atoms with Gasteiger partial charge in [0.15, 0.2) is 0 Å². The van der Waals surface area contributed by atoms with E-state index in [1.165, 1.54) is 17.6 Å². The van der Waals surface area contributed by atoms with Crippen molar-refractivity contribution in [1.82, 2.24) is 15.0 Å². The largest absolute Gasteiger partial charge is 0.493 e. The summed E-state index contributed by atoms with van der Waals surface area (Å²) < 4.78 is 13.8. The number of hydroxylamine groups is 1. The van der Waals surface area contributed by atoms with Crippen LogP contribution < -0.4 is 11.2 Å². The summed E-state index contributed by atoms with van der Waals surface area (Å²) in [7, 11) is 0. The number of carbonyl (C=O) groups is 1. The highest BCUT2D eigenvalue weighted by Crippen LogP contribution is 2.24. The van der Waals surface area contributed by atoms with Gasteiger partial charge in [0.25, 0.3) is 5.91 Å². The van der Waals surface area contributed by atoms with Gasteiger partial charge < -0.3 is 10.1 Å². The van der Waals surface area contributed by atoms with Gasteiger partial charge in [-0.05, 0) is 36.5 Å². The fourth-order valence-electron chi connectivity index (χ4n) is 2.62. The number of aromatic amines is 1. The highest BCUT2D eigenvalue weighted by Gasteiger charge is 2.29. The maximum absolute atomic E-state index is 12.9. The van der Waals surface area contributed by atoms with Crippen LogP contribution in [0.1, 0.15) is 31.1 Å². The first-order valence-electron chi connectivity index (χ1n) is 7.56. The molecule has 0 saturated carbocycles. The summed E-state index contributed by atoms with van der Waals surface area (Å²) in [4.78, 5) is 26.4. The third-order valence-electron chi connectivity index (χ3n) is 3.84. The first-order valence-corrected chi connectivity index (χ1v) is 7.56. The number of hydrogen-bond donors (Lipinski definition) is 4. The van der Waals surface area contributed by atoms with E-state index < -0.39 is 17.6 Å². The molecule has 1 aromatic carbocycles. The van der Waals surface area contributed by atoms with Crippen LogP contribution in [0, 0.1) is 11.7 Å². The van der Waals surface area contributed by atoms with Gasteiger partial charge in [0.2, 0.25) is 5.88 Å². The fourth-order valence-corrected chi connectivity index (χ4v) is 2.62. The number of imidazole rings is 1. The molecular formula is C16H20FN3O4. The predicted molar refractivity (Wildman–Crippen MR) is 84.3 cm³/mol. The molecule has 1 aromatic heterocycles.